The van der Waals surface area contributed by atoms with E-state index in [0.717, 1.165) is 22.6 Å². The Kier molecular flexibility index (Phi) is 5.21. The Morgan fingerprint density at radius 2 is 2.17 bits per heavy atom. The number of aryl methyl sites for hydroxylation is 2. The van der Waals surface area contributed by atoms with E-state index in [2.05, 4.69) is 25.7 Å². The maximum absolute atomic E-state index is 11.9. The standard InChI is InChI=1S/C15H15N5O2S2/c1-3-12-17-19-14(24-12)16-11(21)8-23-15-20-18-13(22-15)10-6-4-5-9(2)7-10/h4-7H,3,8H2,1-2H3,(H,16,19,21). The normalized spacial score (nSPS) is 10.8. The van der Waals surface area contributed by atoms with Crippen LogP contribution in [-0.4, -0.2) is 32.1 Å². The summed E-state index contributed by atoms with van der Waals surface area (Å²) in [6, 6.07) is 7.80. The van der Waals surface area contributed by atoms with Gasteiger partial charge in [0.2, 0.25) is 16.9 Å². The lowest BCUT2D eigenvalue weighted by atomic mass is 10.1. The smallest absolute Gasteiger partial charge is 0.277 e. The van der Waals surface area contributed by atoms with E-state index in [4.69, 9.17) is 4.42 Å². The molecule has 24 heavy (non-hydrogen) atoms. The molecule has 0 saturated carbocycles. The molecule has 0 bridgehead atoms. The van der Waals surface area contributed by atoms with Crippen LogP contribution < -0.4 is 5.32 Å². The molecule has 1 aromatic carbocycles. The van der Waals surface area contributed by atoms with Crippen LogP contribution in [0.5, 0.6) is 0 Å². The Labute approximate surface area is 146 Å². The van der Waals surface area contributed by atoms with Gasteiger partial charge in [0.15, 0.2) is 0 Å². The minimum Gasteiger partial charge on any atom is -0.411 e. The third-order valence-corrected chi connectivity index (χ3v) is 4.82. The predicted molar refractivity (Wildman–Crippen MR) is 93.1 cm³/mol. The van der Waals surface area contributed by atoms with Crippen LogP contribution in [0.2, 0.25) is 0 Å². The molecule has 2 heterocycles. The third-order valence-electron chi connectivity index (χ3n) is 3.01. The Morgan fingerprint density at radius 1 is 1.29 bits per heavy atom. The van der Waals surface area contributed by atoms with Crippen LogP contribution in [0.15, 0.2) is 33.9 Å². The van der Waals surface area contributed by atoms with Crippen molar-refractivity contribution in [2.24, 2.45) is 0 Å². The fraction of sp³-hybridized carbons (Fsp3) is 0.267. The van der Waals surface area contributed by atoms with Gasteiger partial charge < -0.3 is 4.42 Å². The maximum Gasteiger partial charge on any atom is 0.277 e. The Hall–Kier alpha value is -2.26. The summed E-state index contributed by atoms with van der Waals surface area (Å²) in [7, 11) is 0. The highest BCUT2D eigenvalue weighted by Gasteiger charge is 2.12. The van der Waals surface area contributed by atoms with Gasteiger partial charge >= 0.3 is 0 Å². The molecule has 7 nitrogen and oxygen atoms in total. The van der Waals surface area contributed by atoms with Crippen molar-refractivity contribution in [2.45, 2.75) is 25.5 Å². The van der Waals surface area contributed by atoms with Crippen molar-refractivity contribution < 1.29 is 9.21 Å². The van der Waals surface area contributed by atoms with Crippen LogP contribution in [0.3, 0.4) is 0 Å². The first-order chi connectivity index (χ1) is 11.6. The van der Waals surface area contributed by atoms with E-state index in [1.54, 1.807) is 0 Å². The average molecular weight is 361 g/mol. The molecular weight excluding hydrogens is 346 g/mol. The minimum atomic E-state index is -0.186. The number of aromatic nitrogens is 4. The SMILES string of the molecule is CCc1nnc(NC(=O)CSc2nnc(-c3cccc(C)c3)o2)s1. The lowest BCUT2D eigenvalue weighted by Crippen LogP contribution is -2.13. The fourth-order valence-electron chi connectivity index (χ4n) is 1.89. The van der Waals surface area contributed by atoms with Gasteiger partial charge in [-0.15, -0.1) is 20.4 Å². The first kappa shape index (κ1) is 16.6. The van der Waals surface area contributed by atoms with E-state index >= 15 is 0 Å². The van der Waals surface area contributed by atoms with Crippen molar-refractivity contribution >= 4 is 34.1 Å². The first-order valence-corrected chi connectivity index (χ1v) is 9.10. The van der Waals surface area contributed by atoms with Crippen molar-refractivity contribution in [3.8, 4) is 11.5 Å². The van der Waals surface area contributed by atoms with Gasteiger partial charge in [0.05, 0.1) is 5.75 Å². The summed E-state index contributed by atoms with van der Waals surface area (Å²) >= 11 is 2.55. The van der Waals surface area contributed by atoms with E-state index in [0.29, 0.717) is 16.2 Å². The van der Waals surface area contributed by atoms with E-state index in [1.807, 2.05) is 38.1 Å². The lowest BCUT2D eigenvalue weighted by molar-refractivity contribution is -0.113. The maximum atomic E-state index is 11.9. The number of carbonyl (C=O) groups is 1. The second kappa shape index (κ2) is 7.54. The summed E-state index contributed by atoms with van der Waals surface area (Å²) in [5.74, 6) is 0.420. The van der Waals surface area contributed by atoms with E-state index in [9.17, 15) is 4.79 Å². The second-order valence-corrected chi connectivity index (χ2v) is 6.92. The van der Waals surface area contributed by atoms with E-state index in [1.165, 1.54) is 23.1 Å². The summed E-state index contributed by atoms with van der Waals surface area (Å²) in [5, 5.41) is 20.3. The van der Waals surface area contributed by atoms with Crippen LogP contribution in [0, 0.1) is 6.92 Å². The second-order valence-electron chi connectivity index (χ2n) is 4.93. The molecule has 2 aromatic heterocycles. The molecule has 1 N–H and O–H groups in total. The summed E-state index contributed by atoms with van der Waals surface area (Å²) in [6.07, 6.45) is 0.798. The molecule has 0 atom stereocenters. The number of benzene rings is 1. The van der Waals surface area contributed by atoms with Gasteiger partial charge in [-0.05, 0) is 25.5 Å². The Balaban J connectivity index is 1.56. The van der Waals surface area contributed by atoms with Crippen molar-refractivity contribution in [3.63, 3.8) is 0 Å². The van der Waals surface area contributed by atoms with Crippen LogP contribution in [0.4, 0.5) is 5.13 Å². The summed E-state index contributed by atoms with van der Waals surface area (Å²) < 4.78 is 5.58. The zero-order valence-electron chi connectivity index (χ0n) is 13.1. The number of anilines is 1. The molecular formula is C15H15N5O2S2. The van der Waals surface area contributed by atoms with Crippen molar-refractivity contribution in [3.05, 3.63) is 34.8 Å². The van der Waals surface area contributed by atoms with Crippen molar-refractivity contribution in [1.29, 1.82) is 0 Å². The topological polar surface area (TPSA) is 93.8 Å². The molecule has 0 unspecified atom stereocenters. The first-order valence-electron chi connectivity index (χ1n) is 7.29. The molecule has 0 aliphatic heterocycles. The summed E-state index contributed by atoms with van der Waals surface area (Å²) in [6.45, 7) is 3.99. The van der Waals surface area contributed by atoms with Crippen LogP contribution in [0.1, 0.15) is 17.5 Å². The average Bonchev–Trinajstić information content (AvgIpc) is 3.22. The zero-order chi connectivity index (χ0) is 16.9. The van der Waals surface area contributed by atoms with Crippen LogP contribution in [0.25, 0.3) is 11.5 Å². The van der Waals surface area contributed by atoms with Crippen molar-refractivity contribution in [2.75, 3.05) is 11.1 Å². The van der Waals surface area contributed by atoms with Crippen LogP contribution >= 0.6 is 23.1 Å². The number of nitrogens with one attached hydrogen (secondary N) is 1. The molecule has 0 saturated heterocycles. The quantitative estimate of drug-likeness (QED) is 0.674. The molecule has 0 aliphatic carbocycles. The minimum absolute atomic E-state index is 0.163. The molecule has 0 fully saturated rings. The van der Waals surface area contributed by atoms with Gasteiger partial charge in [-0.2, -0.15) is 0 Å². The Morgan fingerprint density at radius 3 is 2.92 bits per heavy atom. The van der Waals surface area contributed by atoms with E-state index < -0.39 is 0 Å². The number of nitrogens with zero attached hydrogens (tertiary/aromatic N) is 4. The zero-order valence-corrected chi connectivity index (χ0v) is 14.8. The fourth-order valence-corrected chi connectivity index (χ4v) is 3.15. The number of amides is 1. The highest BCUT2D eigenvalue weighted by Crippen LogP contribution is 2.24. The molecule has 0 aliphatic rings. The van der Waals surface area contributed by atoms with Gasteiger partial charge in [0, 0.05) is 5.56 Å². The molecule has 1 amide bonds. The van der Waals surface area contributed by atoms with Gasteiger partial charge in [-0.3, -0.25) is 10.1 Å². The summed E-state index contributed by atoms with van der Waals surface area (Å²) in [4.78, 5) is 11.9. The monoisotopic (exact) mass is 361 g/mol. The molecule has 124 valence electrons. The molecule has 0 spiro atoms. The van der Waals surface area contributed by atoms with Gasteiger partial charge in [0.25, 0.3) is 5.22 Å². The molecule has 3 aromatic rings. The number of thioether (sulfide) groups is 1. The predicted octanol–water partition coefficient (Wildman–Crippen LogP) is 3.19. The summed E-state index contributed by atoms with van der Waals surface area (Å²) in [5.41, 5.74) is 1.97. The van der Waals surface area contributed by atoms with Crippen LogP contribution in [-0.2, 0) is 11.2 Å². The highest BCUT2D eigenvalue weighted by atomic mass is 32.2. The number of hydrogen-bond donors (Lipinski definition) is 1. The molecule has 3 rings (SSSR count). The molecule has 9 heteroatoms. The molecule has 0 radical (unpaired) electrons. The highest BCUT2D eigenvalue weighted by molar-refractivity contribution is 7.99. The lowest BCUT2D eigenvalue weighted by Gasteiger charge is -1.98. The number of rotatable bonds is 6. The number of hydrogen-bond acceptors (Lipinski definition) is 8. The largest absolute Gasteiger partial charge is 0.411 e. The third kappa shape index (κ3) is 4.18. The number of carbonyl (C=O) groups excluding carboxylic acids is 1. The van der Waals surface area contributed by atoms with Gasteiger partial charge in [0.1, 0.15) is 5.01 Å². The van der Waals surface area contributed by atoms with Crippen molar-refractivity contribution in [1.82, 2.24) is 20.4 Å². The van der Waals surface area contributed by atoms with Gasteiger partial charge in [-0.1, -0.05) is 47.7 Å². The Bertz CT molecular complexity index is 846. The van der Waals surface area contributed by atoms with E-state index in [-0.39, 0.29) is 11.7 Å². The van der Waals surface area contributed by atoms with Gasteiger partial charge in [-0.25, -0.2) is 0 Å².